The highest BCUT2D eigenvalue weighted by Crippen LogP contribution is 2.60. The molecule has 150 valence electrons. The third-order valence-corrected chi connectivity index (χ3v) is 3.20. The van der Waals surface area contributed by atoms with Crippen molar-refractivity contribution in [2.24, 2.45) is 0 Å². The summed E-state index contributed by atoms with van der Waals surface area (Å²) in [5.41, 5.74) is 0. The van der Waals surface area contributed by atoms with Crippen molar-refractivity contribution in [2.45, 2.75) is 61.7 Å². The third kappa shape index (κ3) is 3.48. The smallest absolute Gasteiger partial charge is 0.384 e. The minimum absolute atomic E-state index is 0.141. The first-order chi connectivity index (χ1) is 10.7. The first-order valence-electron chi connectivity index (χ1n) is 6.21. The van der Waals surface area contributed by atoms with Gasteiger partial charge in [0.1, 0.15) is 0 Å². The van der Waals surface area contributed by atoms with E-state index in [1.165, 1.54) is 0 Å². The fraction of sp³-hybridized carbons (Fsp3) is 0.909. The van der Waals surface area contributed by atoms with Crippen molar-refractivity contribution >= 4 is 5.97 Å². The van der Waals surface area contributed by atoms with Gasteiger partial charge in [-0.05, 0) is 0 Å². The predicted octanol–water partition coefficient (Wildman–Crippen LogP) is 5.07. The lowest BCUT2D eigenvalue weighted by Crippen LogP contribution is -2.70. The van der Waals surface area contributed by atoms with E-state index in [-0.39, 0.29) is 6.92 Å². The number of carboxylic acid groups (broad SMARTS) is 1. The molecule has 2 nitrogen and oxygen atoms in total. The Balaban J connectivity index is 6.12. The summed E-state index contributed by atoms with van der Waals surface area (Å²) in [5, 5.41) is 8.04. The van der Waals surface area contributed by atoms with Crippen LogP contribution in [0, 0.1) is 0 Å². The number of hydrogen-bond acceptors (Lipinski definition) is 1. The van der Waals surface area contributed by atoms with Crippen LogP contribution in [0.25, 0.3) is 0 Å². The summed E-state index contributed by atoms with van der Waals surface area (Å²) in [6.07, 6.45) is -6.73. The molecule has 0 aliphatic rings. The summed E-state index contributed by atoms with van der Waals surface area (Å²) >= 11 is 0. The Morgan fingerprint density at radius 2 is 1.00 bits per heavy atom. The van der Waals surface area contributed by atoms with Crippen LogP contribution in [0.1, 0.15) is 26.2 Å². The maximum Gasteiger partial charge on any atom is 0.384 e. The van der Waals surface area contributed by atoms with E-state index in [0.29, 0.717) is 0 Å². The molecule has 0 rings (SSSR count). The van der Waals surface area contributed by atoms with Crippen LogP contribution in [-0.4, -0.2) is 46.6 Å². The maximum atomic E-state index is 13.2. The Morgan fingerprint density at radius 3 is 1.28 bits per heavy atom. The number of carboxylic acids is 1. The van der Waals surface area contributed by atoms with Crippen LogP contribution >= 0.6 is 0 Å². The summed E-state index contributed by atoms with van der Waals surface area (Å²) in [7, 11) is 0. The molecule has 0 aliphatic carbocycles. The summed E-state index contributed by atoms with van der Waals surface area (Å²) in [4.78, 5) is 10.0. The summed E-state index contributed by atoms with van der Waals surface area (Å²) in [5.74, 6) is -43.9. The lowest BCUT2D eigenvalue weighted by atomic mass is 9.89. The van der Waals surface area contributed by atoms with Gasteiger partial charge in [-0.15, -0.1) is 0 Å². The molecule has 0 atom stereocenters. The molecule has 0 aromatic rings. The Kier molecular flexibility index (Phi) is 6.06. The second-order valence-electron chi connectivity index (χ2n) is 4.95. The highest BCUT2D eigenvalue weighted by molar-refractivity contribution is 5.66. The largest absolute Gasteiger partial charge is 0.481 e. The Morgan fingerprint density at radius 1 is 0.680 bits per heavy atom. The number of halogens is 12. The first-order valence-corrected chi connectivity index (χ1v) is 6.21. The normalized spacial score (nSPS) is 15.4. The van der Waals surface area contributed by atoms with Gasteiger partial charge in [-0.1, -0.05) is 6.92 Å². The average molecular weight is 402 g/mol. The molecule has 0 spiro atoms. The van der Waals surface area contributed by atoms with Crippen molar-refractivity contribution in [3.63, 3.8) is 0 Å². The van der Waals surface area contributed by atoms with Crippen molar-refractivity contribution in [3.05, 3.63) is 0 Å². The van der Waals surface area contributed by atoms with E-state index in [9.17, 15) is 57.5 Å². The molecular weight excluding hydrogens is 392 g/mol. The molecule has 0 heterocycles. The van der Waals surface area contributed by atoms with Crippen molar-refractivity contribution in [3.8, 4) is 0 Å². The lowest BCUT2D eigenvalue weighted by Gasteiger charge is -2.41. The zero-order valence-electron chi connectivity index (χ0n) is 12.0. The maximum absolute atomic E-state index is 13.2. The molecule has 1 N–H and O–H groups in total. The molecule has 0 amide bonds. The Labute approximate surface area is 131 Å². The minimum Gasteiger partial charge on any atom is -0.481 e. The van der Waals surface area contributed by atoms with E-state index in [0.717, 1.165) is 0 Å². The van der Waals surface area contributed by atoms with E-state index in [2.05, 4.69) is 0 Å². The van der Waals surface area contributed by atoms with Crippen LogP contribution in [0.15, 0.2) is 0 Å². The summed E-state index contributed by atoms with van der Waals surface area (Å²) in [6.45, 7) is 0.141. The molecule has 14 heteroatoms. The number of rotatable bonds is 9. The van der Waals surface area contributed by atoms with Crippen molar-refractivity contribution in [1.82, 2.24) is 0 Å². The van der Waals surface area contributed by atoms with Crippen LogP contribution in [0.5, 0.6) is 0 Å². The molecule has 0 aliphatic heterocycles. The van der Waals surface area contributed by atoms with Crippen molar-refractivity contribution < 1.29 is 62.6 Å². The zero-order chi connectivity index (χ0) is 20.7. The number of alkyl halides is 12. The standard InChI is InChI=1S/C11H10F12O2/c1-2-6(12,13)8(16,17)10(20,21)11(22,23)9(18,19)7(14,15)4-3-5(24)25/h2-4H2,1H3,(H,24,25). The monoisotopic (exact) mass is 402 g/mol. The van der Waals surface area contributed by atoms with Gasteiger partial charge in [0.05, 0.1) is 6.42 Å². The molecule has 25 heavy (non-hydrogen) atoms. The molecule has 0 fully saturated rings. The fourth-order valence-corrected chi connectivity index (χ4v) is 1.50. The van der Waals surface area contributed by atoms with E-state index < -0.39 is 60.8 Å². The molecule has 0 saturated carbocycles. The molecule has 0 aromatic heterocycles. The summed E-state index contributed by atoms with van der Waals surface area (Å²) < 4.78 is 157. The number of hydrogen-bond donors (Lipinski definition) is 1. The van der Waals surface area contributed by atoms with Crippen LogP contribution < -0.4 is 0 Å². The minimum atomic E-state index is -7.63. The van der Waals surface area contributed by atoms with E-state index in [1.807, 2.05) is 0 Å². The lowest BCUT2D eigenvalue weighted by molar-refractivity contribution is -0.425. The molecule has 0 saturated heterocycles. The van der Waals surface area contributed by atoms with Gasteiger partial charge in [-0.2, -0.15) is 52.7 Å². The topological polar surface area (TPSA) is 37.3 Å². The number of carbonyl (C=O) groups is 1. The molecule has 0 unspecified atom stereocenters. The van der Waals surface area contributed by atoms with Gasteiger partial charge in [0.2, 0.25) is 0 Å². The van der Waals surface area contributed by atoms with Gasteiger partial charge in [0.15, 0.2) is 0 Å². The Bertz CT molecular complexity index is 499. The molecular formula is C11H10F12O2. The summed E-state index contributed by atoms with van der Waals surface area (Å²) in [6, 6.07) is 0. The first kappa shape index (κ1) is 23.6. The SMILES string of the molecule is CCC(F)(F)C(F)(F)C(F)(F)C(F)(F)C(F)(F)C(F)(F)CCC(=O)O. The van der Waals surface area contributed by atoms with Gasteiger partial charge >= 0.3 is 41.5 Å². The predicted molar refractivity (Wildman–Crippen MR) is 56.8 cm³/mol. The van der Waals surface area contributed by atoms with Gasteiger partial charge in [-0.25, -0.2) is 0 Å². The van der Waals surface area contributed by atoms with Crippen LogP contribution in [0.3, 0.4) is 0 Å². The van der Waals surface area contributed by atoms with Crippen molar-refractivity contribution in [2.75, 3.05) is 0 Å². The molecule has 0 aromatic carbocycles. The second-order valence-corrected chi connectivity index (χ2v) is 4.95. The van der Waals surface area contributed by atoms with Gasteiger partial charge < -0.3 is 5.11 Å². The van der Waals surface area contributed by atoms with E-state index in [4.69, 9.17) is 5.11 Å². The zero-order valence-corrected chi connectivity index (χ0v) is 12.0. The average Bonchev–Trinajstić information content (AvgIpc) is 2.44. The number of aliphatic carboxylic acids is 1. The van der Waals surface area contributed by atoms with Crippen LogP contribution in [0.4, 0.5) is 52.7 Å². The van der Waals surface area contributed by atoms with E-state index in [1.54, 1.807) is 0 Å². The van der Waals surface area contributed by atoms with Crippen LogP contribution in [-0.2, 0) is 4.79 Å². The van der Waals surface area contributed by atoms with Gasteiger partial charge in [0, 0.05) is 12.8 Å². The van der Waals surface area contributed by atoms with Gasteiger partial charge in [-0.3, -0.25) is 4.79 Å². The van der Waals surface area contributed by atoms with Gasteiger partial charge in [0.25, 0.3) is 0 Å². The third-order valence-electron chi connectivity index (χ3n) is 3.20. The fourth-order valence-electron chi connectivity index (χ4n) is 1.50. The van der Waals surface area contributed by atoms with Crippen LogP contribution in [0.2, 0.25) is 0 Å². The second kappa shape index (κ2) is 6.41. The van der Waals surface area contributed by atoms with Crippen molar-refractivity contribution in [1.29, 1.82) is 0 Å². The Hall–Kier alpha value is -1.37. The highest BCUT2D eigenvalue weighted by atomic mass is 19.4. The highest BCUT2D eigenvalue weighted by Gasteiger charge is 2.89. The quantitative estimate of drug-likeness (QED) is 0.547. The van der Waals surface area contributed by atoms with E-state index >= 15 is 0 Å². The molecule has 0 radical (unpaired) electrons. The molecule has 0 bridgehead atoms.